The van der Waals surface area contributed by atoms with Crippen LogP contribution in [0.4, 0.5) is 17.6 Å². The standard InChI is InChI=1S/C22H16F4N4O2/c1-13(22(24,25)26)32-20-7-6-14(9-27)8-16(20)21(31)29-10-15-11-30(28-18(15)12-29)19-5-3-2-4-17(19)23/h2-8,11,13H,10,12H2,1H3. The summed E-state index contributed by atoms with van der Waals surface area (Å²) >= 11 is 0. The number of nitriles is 1. The van der Waals surface area contributed by atoms with Gasteiger partial charge >= 0.3 is 6.18 Å². The van der Waals surface area contributed by atoms with Gasteiger partial charge in [0.1, 0.15) is 17.3 Å². The fourth-order valence-electron chi connectivity index (χ4n) is 3.35. The number of benzene rings is 2. The Balaban J connectivity index is 1.58. The predicted molar refractivity (Wildman–Crippen MR) is 104 cm³/mol. The van der Waals surface area contributed by atoms with Crippen molar-refractivity contribution < 1.29 is 27.1 Å². The number of fused-ring (bicyclic) bond motifs is 1. The highest BCUT2D eigenvalue weighted by molar-refractivity contribution is 5.97. The van der Waals surface area contributed by atoms with E-state index in [9.17, 15) is 22.4 Å². The number of hydrogen-bond acceptors (Lipinski definition) is 4. The summed E-state index contributed by atoms with van der Waals surface area (Å²) in [6, 6.07) is 11.7. The maximum Gasteiger partial charge on any atom is 0.425 e. The van der Waals surface area contributed by atoms with Crippen molar-refractivity contribution in [2.75, 3.05) is 0 Å². The minimum atomic E-state index is -4.62. The molecule has 0 saturated carbocycles. The van der Waals surface area contributed by atoms with Crippen LogP contribution in [-0.4, -0.2) is 32.9 Å². The van der Waals surface area contributed by atoms with E-state index in [4.69, 9.17) is 10.00 Å². The van der Waals surface area contributed by atoms with Gasteiger partial charge in [0.15, 0.2) is 6.10 Å². The molecule has 2 aromatic carbocycles. The SMILES string of the molecule is CC(Oc1ccc(C#N)cc1C(=O)N1Cc2cn(-c3ccccc3F)nc2C1)C(F)(F)F. The third-order valence-electron chi connectivity index (χ3n) is 5.07. The Bertz CT molecular complexity index is 1210. The number of aromatic nitrogens is 2. The molecule has 1 amide bonds. The molecule has 0 spiro atoms. The Kier molecular flexibility index (Phi) is 5.34. The maximum atomic E-state index is 14.0. The summed E-state index contributed by atoms with van der Waals surface area (Å²) in [7, 11) is 0. The number of amides is 1. The molecule has 3 aromatic rings. The lowest BCUT2D eigenvalue weighted by atomic mass is 10.1. The van der Waals surface area contributed by atoms with Crippen molar-refractivity contribution in [2.24, 2.45) is 0 Å². The highest BCUT2D eigenvalue weighted by atomic mass is 19.4. The van der Waals surface area contributed by atoms with Gasteiger partial charge in [-0.05, 0) is 37.3 Å². The number of ether oxygens (including phenoxy) is 1. The molecule has 1 aliphatic rings. The second-order valence-electron chi connectivity index (χ2n) is 7.28. The largest absolute Gasteiger partial charge is 0.480 e. The predicted octanol–water partition coefficient (Wildman–Crippen LogP) is 4.37. The Morgan fingerprint density at radius 2 is 1.97 bits per heavy atom. The van der Waals surface area contributed by atoms with E-state index in [0.717, 1.165) is 6.92 Å². The minimum Gasteiger partial charge on any atom is -0.480 e. The molecule has 32 heavy (non-hydrogen) atoms. The fraction of sp³-hybridized carbons (Fsp3) is 0.227. The number of para-hydroxylation sites is 1. The van der Waals surface area contributed by atoms with Crippen LogP contribution in [0.15, 0.2) is 48.7 Å². The van der Waals surface area contributed by atoms with E-state index >= 15 is 0 Å². The first-order valence-electron chi connectivity index (χ1n) is 9.56. The Morgan fingerprint density at radius 3 is 2.62 bits per heavy atom. The second kappa shape index (κ2) is 8.00. The van der Waals surface area contributed by atoms with Crippen LogP contribution in [-0.2, 0) is 13.1 Å². The molecule has 2 heterocycles. The summed E-state index contributed by atoms with van der Waals surface area (Å²) < 4.78 is 59.2. The van der Waals surface area contributed by atoms with Crippen molar-refractivity contribution in [3.05, 3.63) is 76.9 Å². The van der Waals surface area contributed by atoms with Crippen LogP contribution < -0.4 is 4.74 Å². The molecule has 0 N–H and O–H groups in total. The smallest absolute Gasteiger partial charge is 0.425 e. The van der Waals surface area contributed by atoms with Gasteiger partial charge in [-0.15, -0.1) is 0 Å². The molecule has 0 aliphatic carbocycles. The highest BCUT2D eigenvalue weighted by Gasteiger charge is 2.39. The average Bonchev–Trinajstić information content (AvgIpc) is 3.32. The zero-order chi connectivity index (χ0) is 23.0. The Morgan fingerprint density at radius 1 is 1.22 bits per heavy atom. The third-order valence-corrected chi connectivity index (χ3v) is 5.07. The first kappa shape index (κ1) is 21.4. The minimum absolute atomic E-state index is 0.0840. The molecule has 1 unspecified atom stereocenters. The number of carbonyl (C=O) groups is 1. The normalized spacial score (nSPS) is 14.1. The van der Waals surface area contributed by atoms with E-state index in [1.54, 1.807) is 24.4 Å². The van der Waals surface area contributed by atoms with E-state index in [1.807, 2.05) is 6.07 Å². The highest BCUT2D eigenvalue weighted by Crippen LogP contribution is 2.31. The first-order valence-corrected chi connectivity index (χ1v) is 9.56. The summed E-state index contributed by atoms with van der Waals surface area (Å²) in [5.41, 5.74) is 1.46. The molecule has 0 fully saturated rings. The topological polar surface area (TPSA) is 71.2 Å². The van der Waals surface area contributed by atoms with Crippen molar-refractivity contribution in [2.45, 2.75) is 32.3 Å². The fourth-order valence-corrected chi connectivity index (χ4v) is 3.35. The van der Waals surface area contributed by atoms with Gasteiger partial charge in [0, 0.05) is 18.3 Å². The average molecular weight is 444 g/mol. The van der Waals surface area contributed by atoms with Crippen LogP contribution in [0.3, 0.4) is 0 Å². The Labute approximate surface area is 180 Å². The number of carbonyl (C=O) groups excluding carboxylic acids is 1. The molecular formula is C22H16F4N4O2. The first-order chi connectivity index (χ1) is 15.2. The molecule has 0 radical (unpaired) electrons. The molecule has 4 rings (SSSR count). The molecule has 6 nitrogen and oxygen atoms in total. The summed E-state index contributed by atoms with van der Waals surface area (Å²) in [6.07, 6.45) is -5.15. The van der Waals surface area contributed by atoms with Crippen LogP contribution in [0, 0.1) is 17.1 Å². The molecule has 1 atom stereocenters. The van der Waals surface area contributed by atoms with Crippen molar-refractivity contribution in [3.63, 3.8) is 0 Å². The summed E-state index contributed by atoms with van der Waals surface area (Å²) in [5.74, 6) is -1.31. The van der Waals surface area contributed by atoms with Gasteiger partial charge in [-0.2, -0.15) is 23.5 Å². The van der Waals surface area contributed by atoms with Crippen molar-refractivity contribution in [1.82, 2.24) is 14.7 Å². The molecule has 1 aromatic heterocycles. The van der Waals surface area contributed by atoms with E-state index in [1.165, 1.54) is 33.8 Å². The Hall–Kier alpha value is -3.87. The van der Waals surface area contributed by atoms with Gasteiger partial charge in [-0.25, -0.2) is 9.07 Å². The summed E-state index contributed by atoms with van der Waals surface area (Å²) in [4.78, 5) is 14.5. The van der Waals surface area contributed by atoms with E-state index in [0.29, 0.717) is 11.3 Å². The van der Waals surface area contributed by atoms with Gasteiger partial charge < -0.3 is 9.64 Å². The van der Waals surface area contributed by atoms with E-state index in [2.05, 4.69) is 5.10 Å². The zero-order valence-corrected chi connectivity index (χ0v) is 16.7. The van der Waals surface area contributed by atoms with E-state index < -0.39 is 24.0 Å². The number of hydrogen-bond donors (Lipinski definition) is 0. The number of halogens is 4. The van der Waals surface area contributed by atoms with E-state index in [-0.39, 0.29) is 35.7 Å². The van der Waals surface area contributed by atoms with Crippen LogP contribution >= 0.6 is 0 Å². The summed E-state index contributed by atoms with van der Waals surface area (Å²) in [6.45, 7) is 1.05. The monoisotopic (exact) mass is 444 g/mol. The number of nitrogens with zero attached hydrogens (tertiary/aromatic N) is 4. The van der Waals surface area contributed by atoms with Crippen molar-refractivity contribution in [3.8, 4) is 17.5 Å². The number of alkyl halides is 3. The lowest BCUT2D eigenvalue weighted by molar-refractivity contribution is -0.189. The second-order valence-corrected chi connectivity index (χ2v) is 7.28. The lowest BCUT2D eigenvalue weighted by Crippen LogP contribution is -2.32. The number of rotatable bonds is 4. The summed E-state index contributed by atoms with van der Waals surface area (Å²) in [5, 5.41) is 13.5. The molecule has 0 saturated heterocycles. The van der Waals surface area contributed by atoms with Crippen LogP contribution in [0.2, 0.25) is 0 Å². The lowest BCUT2D eigenvalue weighted by Gasteiger charge is -2.22. The van der Waals surface area contributed by atoms with Gasteiger partial charge in [0.25, 0.3) is 5.91 Å². The van der Waals surface area contributed by atoms with Gasteiger partial charge in [0.2, 0.25) is 0 Å². The molecule has 164 valence electrons. The molecule has 10 heteroatoms. The zero-order valence-electron chi connectivity index (χ0n) is 16.7. The van der Waals surface area contributed by atoms with Crippen molar-refractivity contribution >= 4 is 5.91 Å². The van der Waals surface area contributed by atoms with Crippen LogP contribution in [0.25, 0.3) is 5.69 Å². The van der Waals surface area contributed by atoms with Crippen LogP contribution in [0.1, 0.15) is 34.1 Å². The third kappa shape index (κ3) is 4.01. The quantitative estimate of drug-likeness (QED) is 0.561. The van der Waals surface area contributed by atoms with Gasteiger partial charge in [-0.3, -0.25) is 4.79 Å². The van der Waals surface area contributed by atoms with Crippen molar-refractivity contribution in [1.29, 1.82) is 5.26 Å². The molecule has 1 aliphatic heterocycles. The molecular weight excluding hydrogens is 428 g/mol. The maximum absolute atomic E-state index is 14.0. The molecule has 0 bridgehead atoms. The van der Waals surface area contributed by atoms with Crippen LogP contribution in [0.5, 0.6) is 5.75 Å². The van der Waals surface area contributed by atoms with Gasteiger partial charge in [0.05, 0.1) is 29.4 Å². The van der Waals surface area contributed by atoms with Gasteiger partial charge in [-0.1, -0.05) is 12.1 Å².